The van der Waals surface area contributed by atoms with Gasteiger partial charge in [-0.1, -0.05) is 12.1 Å². The van der Waals surface area contributed by atoms with E-state index in [1.165, 1.54) is 12.1 Å². The normalized spacial score (nSPS) is 29.6. The summed E-state index contributed by atoms with van der Waals surface area (Å²) in [6.45, 7) is 4.72. The Kier molecular flexibility index (Phi) is 4.24. The molecule has 0 saturated carbocycles. The van der Waals surface area contributed by atoms with E-state index in [1.807, 2.05) is 17.0 Å². The molecule has 0 radical (unpaired) electrons. The Morgan fingerprint density at radius 1 is 1.33 bits per heavy atom. The molecule has 2 fully saturated rings. The molecule has 114 valence electrons. The highest BCUT2D eigenvalue weighted by Crippen LogP contribution is 2.33. The number of benzene rings is 1. The van der Waals surface area contributed by atoms with E-state index >= 15 is 0 Å². The van der Waals surface area contributed by atoms with E-state index < -0.39 is 0 Å². The number of carbonyl (C=O) groups excluding carboxylic acids is 1. The molecule has 2 aliphatic rings. The molecule has 3 atom stereocenters. The Hall–Kier alpha value is -1.42. The van der Waals surface area contributed by atoms with Crippen molar-refractivity contribution in [2.45, 2.75) is 38.1 Å². The molecule has 0 bridgehead atoms. The number of piperidine rings is 1. The van der Waals surface area contributed by atoms with Gasteiger partial charge >= 0.3 is 0 Å². The molecule has 1 aromatic rings. The molecule has 1 aromatic carbocycles. The lowest BCUT2D eigenvalue weighted by Crippen LogP contribution is -2.44. The number of nitrogens with zero attached hydrogens (tertiary/aromatic N) is 1. The molecule has 3 unspecified atom stereocenters. The van der Waals surface area contributed by atoms with Crippen LogP contribution in [0, 0.1) is 11.7 Å². The van der Waals surface area contributed by atoms with Crippen LogP contribution in [0.5, 0.6) is 0 Å². The van der Waals surface area contributed by atoms with Gasteiger partial charge in [-0.15, -0.1) is 0 Å². The molecule has 0 aromatic heterocycles. The minimum atomic E-state index is -0.203. The minimum absolute atomic E-state index is 0.133. The summed E-state index contributed by atoms with van der Waals surface area (Å²) in [6, 6.07) is 6.99. The third-order valence-electron chi connectivity index (χ3n) is 4.85. The predicted molar refractivity (Wildman–Crippen MR) is 80.5 cm³/mol. The quantitative estimate of drug-likeness (QED) is 0.908. The Bertz CT molecular complexity index is 496. The average Bonchev–Trinajstić information content (AvgIpc) is 2.90. The van der Waals surface area contributed by atoms with E-state index in [-0.39, 0.29) is 17.8 Å². The van der Waals surface area contributed by atoms with E-state index in [9.17, 15) is 9.18 Å². The number of amides is 1. The van der Waals surface area contributed by atoms with Gasteiger partial charge in [-0.25, -0.2) is 4.39 Å². The maximum absolute atomic E-state index is 13.0. The van der Waals surface area contributed by atoms with Crippen LogP contribution in [0.15, 0.2) is 24.3 Å². The van der Waals surface area contributed by atoms with Crippen molar-refractivity contribution in [1.29, 1.82) is 0 Å². The highest BCUT2D eigenvalue weighted by molar-refractivity contribution is 5.80. The molecule has 1 N–H and O–H groups in total. The van der Waals surface area contributed by atoms with Crippen LogP contribution < -0.4 is 5.32 Å². The largest absolute Gasteiger partial charge is 0.339 e. The Balaban J connectivity index is 1.67. The fraction of sp³-hybridized carbons (Fsp3) is 0.588. The maximum Gasteiger partial charge on any atom is 0.227 e. The van der Waals surface area contributed by atoms with Gasteiger partial charge in [0.05, 0.1) is 5.92 Å². The molecule has 1 amide bonds. The Labute approximate surface area is 125 Å². The minimum Gasteiger partial charge on any atom is -0.339 e. The first-order valence-electron chi connectivity index (χ1n) is 7.92. The molecule has 2 saturated heterocycles. The second kappa shape index (κ2) is 6.14. The van der Waals surface area contributed by atoms with Crippen molar-refractivity contribution in [2.24, 2.45) is 5.92 Å². The number of nitrogens with one attached hydrogen (secondary N) is 1. The van der Waals surface area contributed by atoms with Crippen molar-refractivity contribution in [3.8, 4) is 0 Å². The first-order chi connectivity index (χ1) is 10.1. The van der Waals surface area contributed by atoms with Crippen LogP contribution in [-0.4, -0.2) is 36.5 Å². The zero-order chi connectivity index (χ0) is 14.8. The maximum atomic E-state index is 13.0. The van der Waals surface area contributed by atoms with E-state index in [0.29, 0.717) is 11.8 Å². The lowest BCUT2D eigenvalue weighted by atomic mass is 9.97. The summed E-state index contributed by atoms with van der Waals surface area (Å²) in [6.07, 6.45) is 3.05. The van der Waals surface area contributed by atoms with E-state index in [1.54, 1.807) is 0 Å². The van der Waals surface area contributed by atoms with Crippen LogP contribution in [0.1, 0.15) is 37.7 Å². The van der Waals surface area contributed by atoms with Gasteiger partial charge < -0.3 is 10.2 Å². The van der Waals surface area contributed by atoms with Crippen molar-refractivity contribution < 1.29 is 9.18 Å². The predicted octanol–water partition coefficient (Wildman–Crippen LogP) is 2.53. The van der Waals surface area contributed by atoms with Crippen LogP contribution >= 0.6 is 0 Å². The zero-order valence-corrected chi connectivity index (χ0v) is 12.5. The summed E-state index contributed by atoms with van der Waals surface area (Å²) in [7, 11) is 0. The van der Waals surface area contributed by atoms with Gasteiger partial charge in [0.2, 0.25) is 5.91 Å². The molecule has 2 aliphatic heterocycles. The van der Waals surface area contributed by atoms with Gasteiger partial charge in [0.25, 0.3) is 0 Å². The molecule has 4 heteroatoms. The summed E-state index contributed by atoms with van der Waals surface area (Å²) < 4.78 is 13.0. The van der Waals surface area contributed by atoms with E-state index in [0.717, 1.165) is 44.5 Å². The van der Waals surface area contributed by atoms with Gasteiger partial charge in [-0.05, 0) is 50.4 Å². The summed E-state index contributed by atoms with van der Waals surface area (Å²) in [5.41, 5.74) is 1.14. The fourth-order valence-electron chi connectivity index (χ4n) is 3.61. The van der Waals surface area contributed by atoms with Crippen molar-refractivity contribution in [3.63, 3.8) is 0 Å². The Morgan fingerprint density at radius 3 is 2.76 bits per heavy atom. The molecule has 0 aliphatic carbocycles. The molecule has 3 nitrogen and oxygen atoms in total. The number of halogens is 1. The first-order valence-corrected chi connectivity index (χ1v) is 7.92. The zero-order valence-electron chi connectivity index (χ0n) is 12.5. The fourth-order valence-corrected chi connectivity index (χ4v) is 3.61. The van der Waals surface area contributed by atoms with Gasteiger partial charge in [-0.3, -0.25) is 4.79 Å². The van der Waals surface area contributed by atoms with Gasteiger partial charge in [-0.2, -0.15) is 0 Å². The molecule has 2 heterocycles. The number of hydrogen-bond acceptors (Lipinski definition) is 2. The van der Waals surface area contributed by atoms with E-state index in [4.69, 9.17) is 0 Å². The van der Waals surface area contributed by atoms with Gasteiger partial charge in [0.1, 0.15) is 5.82 Å². The van der Waals surface area contributed by atoms with Crippen molar-refractivity contribution in [1.82, 2.24) is 10.2 Å². The van der Waals surface area contributed by atoms with Crippen molar-refractivity contribution in [2.75, 3.05) is 19.6 Å². The van der Waals surface area contributed by atoms with Crippen LogP contribution in [0.4, 0.5) is 4.39 Å². The third kappa shape index (κ3) is 3.10. The summed E-state index contributed by atoms with van der Waals surface area (Å²) in [4.78, 5) is 14.7. The van der Waals surface area contributed by atoms with E-state index in [2.05, 4.69) is 12.2 Å². The van der Waals surface area contributed by atoms with Crippen LogP contribution in [0.2, 0.25) is 0 Å². The van der Waals surface area contributed by atoms with Gasteiger partial charge in [0.15, 0.2) is 0 Å². The highest BCUT2D eigenvalue weighted by Gasteiger charge is 2.36. The van der Waals surface area contributed by atoms with Gasteiger partial charge in [0, 0.05) is 25.0 Å². The number of hydrogen-bond donors (Lipinski definition) is 1. The highest BCUT2D eigenvalue weighted by atomic mass is 19.1. The number of rotatable bonds is 2. The average molecular weight is 290 g/mol. The number of likely N-dealkylation sites (tertiary alicyclic amines) is 1. The standard InChI is InChI=1S/C17H23FN2O/c1-12-9-15(13-4-6-16(18)7-5-13)11-20(12)17(21)14-3-2-8-19-10-14/h4-7,12,14-15,19H,2-3,8-11H2,1H3. The van der Waals surface area contributed by atoms with Crippen LogP contribution in [-0.2, 0) is 4.79 Å². The van der Waals surface area contributed by atoms with Crippen LogP contribution in [0.25, 0.3) is 0 Å². The molecule has 3 rings (SSSR count). The smallest absolute Gasteiger partial charge is 0.227 e. The third-order valence-corrected chi connectivity index (χ3v) is 4.85. The second-order valence-electron chi connectivity index (χ2n) is 6.37. The molecular weight excluding hydrogens is 267 g/mol. The lowest BCUT2D eigenvalue weighted by molar-refractivity contribution is -0.136. The number of carbonyl (C=O) groups is 1. The van der Waals surface area contributed by atoms with Crippen molar-refractivity contribution in [3.05, 3.63) is 35.6 Å². The summed E-state index contributed by atoms with van der Waals surface area (Å²) in [5.74, 6) is 0.555. The van der Waals surface area contributed by atoms with Crippen LogP contribution in [0.3, 0.4) is 0 Å². The SMILES string of the molecule is CC1CC(c2ccc(F)cc2)CN1C(=O)C1CCCNC1. The first kappa shape index (κ1) is 14.5. The molecule has 0 spiro atoms. The second-order valence-corrected chi connectivity index (χ2v) is 6.37. The summed E-state index contributed by atoms with van der Waals surface area (Å²) >= 11 is 0. The monoisotopic (exact) mass is 290 g/mol. The molecule has 21 heavy (non-hydrogen) atoms. The topological polar surface area (TPSA) is 32.3 Å². The summed E-state index contributed by atoms with van der Waals surface area (Å²) in [5, 5.41) is 3.31. The van der Waals surface area contributed by atoms with Crippen molar-refractivity contribution >= 4 is 5.91 Å². The lowest BCUT2D eigenvalue weighted by Gasteiger charge is -2.29. The molecular formula is C17H23FN2O. The Morgan fingerprint density at radius 2 is 2.10 bits per heavy atom.